The molecular formula is C22H24ClN3O4S2. The number of benzene rings is 2. The summed E-state index contributed by atoms with van der Waals surface area (Å²) in [4.78, 5) is 19.6. The summed E-state index contributed by atoms with van der Waals surface area (Å²) >= 11 is 7.68. The molecule has 1 fully saturated rings. The van der Waals surface area contributed by atoms with Gasteiger partial charge in [-0.15, -0.1) is 0 Å². The van der Waals surface area contributed by atoms with E-state index in [4.69, 9.17) is 16.3 Å². The molecule has 32 heavy (non-hydrogen) atoms. The first-order valence-corrected chi connectivity index (χ1v) is 13.0. The summed E-state index contributed by atoms with van der Waals surface area (Å²) < 4.78 is 34.0. The van der Waals surface area contributed by atoms with Crippen LogP contribution in [0.3, 0.4) is 0 Å². The highest BCUT2D eigenvalue weighted by Crippen LogP contribution is 2.31. The summed E-state index contributed by atoms with van der Waals surface area (Å²) in [6.07, 6.45) is 2.64. The van der Waals surface area contributed by atoms with Crippen molar-refractivity contribution in [1.82, 2.24) is 9.29 Å². The van der Waals surface area contributed by atoms with E-state index in [1.54, 1.807) is 13.2 Å². The number of carbonyl (C=O) groups is 1. The molecule has 0 aliphatic carbocycles. The number of hydrogen-bond acceptors (Lipinski definition) is 6. The lowest BCUT2D eigenvalue weighted by Crippen LogP contribution is -2.36. The van der Waals surface area contributed by atoms with Gasteiger partial charge in [-0.25, -0.2) is 13.4 Å². The highest BCUT2D eigenvalue weighted by molar-refractivity contribution is 7.89. The van der Waals surface area contributed by atoms with Crippen LogP contribution in [0.25, 0.3) is 10.2 Å². The minimum Gasteiger partial charge on any atom is -0.383 e. The second kappa shape index (κ2) is 9.84. The van der Waals surface area contributed by atoms with Crippen molar-refractivity contribution in [2.45, 2.75) is 24.2 Å². The van der Waals surface area contributed by atoms with Crippen molar-refractivity contribution >= 4 is 54.2 Å². The lowest BCUT2D eigenvalue weighted by Gasteiger charge is -2.26. The molecule has 1 aromatic heterocycles. The molecule has 2 heterocycles. The summed E-state index contributed by atoms with van der Waals surface area (Å²) in [5.41, 5.74) is 1.03. The minimum atomic E-state index is -3.78. The molecular weight excluding hydrogens is 470 g/mol. The fourth-order valence-electron chi connectivity index (χ4n) is 3.68. The summed E-state index contributed by atoms with van der Waals surface area (Å²) in [6, 6.07) is 12.0. The highest BCUT2D eigenvalue weighted by atomic mass is 35.5. The number of carbonyl (C=O) groups excluding carboxylic acids is 1. The number of nitrogens with zero attached hydrogens (tertiary/aromatic N) is 3. The van der Waals surface area contributed by atoms with Gasteiger partial charge in [0.2, 0.25) is 10.0 Å². The Hall–Kier alpha value is -2.04. The van der Waals surface area contributed by atoms with E-state index < -0.39 is 10.0 Å². The molecule has 3 aromatic rings. The molecule has 1 aliphatic rings. The zero-order chi connectivity index (χ0) is 22.7. The summed E-state index contributed by atoms with van der Waals surface area (Å²) in [5, 5.41) is 0.638. The van der Waals surface area contributed by atoms with Gasteiger partial charge in [0.15, 0.2) is 5.13 Å². The maximum atomic E-state index is 13.5. The molecule has 0 atom stereocenters. The summed E-state index contributed by atoms with van der Waals surface area (Å²) in [6.45, 7) is 1.52. The Morgan fingerprint density at radius 1 is 1.19 bits per heavy atom. The number of aromatic nitrogens is 1. The third-order valence-electron chi connectivity index (χ3n) is 5.39. The number of fused-ring (bicyclic) bond motifs is 1. The average molecular weight is 494 g/mol. The van der Waals surface area contributed by atoms with Crippen LogP contribution in [0.15, 0.2) is 47.4 Å². The molecule has 2 aromatic carbocycles. The smallest absolute Gasteiger partial charge is 0.260 e. The highest BCUT2D eigenvalue weighted by Gasteiger charge is 2.30. The van der Waals surface area contributed by atoms with Crippen molar-refractivity contribution in [2.24, 2.45) is 0 Å². The van der Waals surface area contributed by atoms with Gasteiger partial charge >= 0.3 is 0 Å². The number of para-hydroxylation sites is 1. The summed E-state index contributed by atoms with van der Waals surface area (Å²) in [5.74, 6) is -0.354. The molecule has 0 bridgehead atoms. The molecule has 1 amide bonds. The summed E-state index contributed by atoms with van der Waals surface area (Å²) in [7, 11) is -2.22. The Kier molecular flexibility index (Phi) is 7.11. The number of thiazole rings is 1. The van der Waals surface area contributed by atoms with Crippen molar-refractivity contribution in [3.05, 3.63) is 53.1 Å². The van der Waals surface area contributed by atoms with E-state index in [-0.39, 0.29) is 27.9 Å². The van der Waals surface area contributed by atoms with Crippen molar-refractivity contribution in [2.75, 3.05) is 38.3 Å². The number of amides is 1. The number of sulfonamides is 1. The Morgan fingerprint density at radius 3 is 2.66 bits per heavy atom. The molecule has 170 valence electrons. The Balaban J connectivity index is 1.70. The number of halogens is 1. The van der Waals surface area contributed by atoms with Crippen LogP contribution in [0.2, 0.25) is 5.02 Å². The zero-order valence-electron chi connectivity index (χ0n) is 17.7. The first kappa shape index (κ1) is 23.1. The van der Waals surface area contributed by atoms with Crippen molar-refractivity contribution in [1.29, 1.82) is 0 Å². The predicted octanol–water partition coefficient (Wildman–Crippen LogP) is 4.42. The third kappa shape index (κ3) is 4.67. The number of piperidine rings is 1. The van der Waals surface area contributed by atoms with Gasteiger partial charge in [0.1, 0.15) is 4.90 Å². The van der Waals surface area contributed by atoms with E-state index >= 15 is 0 Å². The minimum absolute atomic E-state index is 0.0390. The molecule has 10 heteroatoms. The molecule has 7 nitrogen and oxygen atoms in total. The van der Waals surface area contributed by atoms with Crippen LogP contribution in [-0.4, -0.2) is 57.0 Å². The average Bonchev–Trinajstić information content (AvgIpc) is 3.24. The molecule has 0 radical (unpaired) electrons. The van der Waals surface area contributed by atoms with Crippen LogP contribution in [0.5, 0.6) is 0 Å². The quantitative estimate of drug-likeness (QED) is 0.486. The second-order valence-electron chi connectivity index (χ2n) is 7.52. The maximum absolute atomic E-state index is 13.5. The molecule has 0 unspecified atom stereocenters. The van der Waals surface area contributed by atoms with Gasteiger partial charge in [0, 0.05) is 25.8 Å². The zero-order valence-corrected chi connectivity index (χ0v) is 20.0. The fourth-order valence-corrected chi connectivity index (χ4v) is 6.68. The molecule has 0 N–H and O–H groups in total. The van der Waals surface area contributed by atoms with Crippen LogP contribution >= 0.6 is 22.9 Å². The normalized spacial score (nSPS) is 15.2. The van der Waals surface area contributed by atoms with Crippen LogP contribution in [0, 0.1) is 0 Å². The lowest BCUT2D eigenvalue weighted by molar-refractivity contribution is 0.0975. The number of rotatable bonds is 7. The van der Waals surface area contributed by atoms with Gasteiger partial charge < -0.3 is 4.74 Å². The van der Waals surface area contributed by atoms with Crippen molar-refractivity contribution < 1.29 is 17.9 Å². The van der Waals surface area contributed by atoms with Crippen LogP contribution < -0.4 is 4.90 Å². The third-order valence-corrected chi connectivity index (χ3v) is 8.83. The fraction of sp³-hybridized carbons (Fsp3) is 0.364. The standard InChI is InChI=1S/C22H24ClN3O4S2/c1-30-14-13-26(22-24-18-7-3-4-8-19(18)31-22)21(27)16-9-10-17(23)20(15-16)32(28,29)25-11-5-2-6-12-25/h3-4,7-10,15H,2,5-6,11-14H2,1H3. The topological polar surface area (TPSA) is 79.8 Å². The molecule has 1 aliphatic heterocycles. The lowest BCUT2D eigenvalue weighted by atomic mass is 10.2. The van der Waals surface area contributed by atoms with E-state index in [0.717, 1.165) is 29.5 Å². The molecule has 0 saturated carbocycles. The number of anilines is 1. The largest absolute Gasteiger partial charge is 0.383 e. The first-order valence-electron chi connectivity index (χ1n) is 10.4. The van der Waals surface area contributed by atoms with Crippen molar-refractivity contribution in [3.63, 3.8) is 0 Å². The van der Waals surface area contributed by atoms with Gasteiger partial charge in [0.05, 0.1) is 28.4 Å². The number of ether oxygens (including phenoxy) is 1. The van der Waals surface area contributed by atoms with Gasteiger partial charge in [-0.05, 0) is 43.2 Å². The van der Waals surface area contributed by atoms with Crippen LogP contribution in [0.4, 0.5) is 5.13 Å². The molecule has 4 rings (SSSR count). The molecule has 0 spiro atoms. The number of methoxy groups -OCH3 is 1. The maximum Gasteiger partial charge on any atom is 0.260 e. The van der Waals surface area contributed by atoms with E-state index in [9.17, 15) is 13.2 Å². The second-order valence-corrected chi connectivity index (χ2v) is 10.8. The van der Waals surface area contributed by atoms with Gasteiger partial charge in [0.25, 0.3) is 5.91 Å². The Bertz CT molecular complexity index is 1190. The van der Waals surface area contributed by atoms with E-state index in [0.29, 0.717) is 24.8 Å². The van der Waals surface area contributed by atoms with Gasteiger partial charge in [-0.2, -0.15) is 4.31 Å². The monoisotopic (exact) mass is 493 g/mol. The van der Waals surface area contributed by atoms with E-state index in [1.165, 1.54) is 32.7 Å². The van der Waals surface area contributed by atoms with Gasteiger partial charge in [-0.1, -0.05) is 41.5 Å². The van der Waals surface area contributed by atoms with Crippen LogP contribution in [0.1, 0.15) is 29.6 Å². The van der Waals surface area contributed by atoms with Crippen LogP contribution in [-0.2, 0) is 14.8 Å². The SMILES string of the molecule is COCCN(C(=O)c1ccc(Cl)c(S(=O)(=O)N2CCCCC2)c1)c1nc2ccccc2s1. The van der Waals surface area contributed by atoms with Gasteiger partial charge in [-0.3, -0.25) is 9.69 Å². The Labute approximate surface area is 196 Å². The van der Waals surface area contributed by atoms with E-state index in [2.05, 4.69) is 4.98 Å². The predicted molar refractivity (Wildman–Crippen MR) is 127 cm³/mol. The molecule has 1 saturated heterocycles. The number of hydrogen-bond donors (Lipinski definition) is 0. The van der Waals surface area contributed by atoms with Crippen molar-refractivity contribution in [3.8, 4) is 0 Å². The first-order chi connectivity index (χ1) is 15.4. The Morgan fingerprint density at radius 2 is 1.94 bits per heavy atom. The van der Waals surface area contributed by atoms with E-state index in [1.807, 2.05) is 24.3 Å².